The molecule has 120 valence electrons. The summed E-state index contributed by atoms with van der Waals surface area (Å²) in [5, 5.41) is 2.88. The Hall–Kier alpha value is -2.04. The van der Waals surface area contributed by atoms with Crippen LogP contribution >= 0.6 is 0 Å². The molecule has 1 fully saturated rings. The minimum atomic E-state index is -0.0198. The Bertz CT molecular complexity index is 516. The molecular weight excluding hydrogens is 276 g/mol. The fourth-order valence-corrected chi connectivity index (χ4v) is 2.38. The zero-order chi connectivity index (χ0) is 15.9. The number of hydrogen-bond donors (Lipinski definition) is 2. The molecule has 5 nitrogen and oxygen atoms in total. The van der Waals surface area contributed by atoms with E-state index in [2.05, 4.69) is 15.2 Å². The molecule has 0 bridgehead atoms. The first-order chi connectivity index (χ1) is 10.6. The highest BCUT2D eigenvalue weighted by atomic mass is 16.1. The van der Waals surface area contributed by atoms with Crippen molar-refractivity contribution in [2.75, 3.05) is 18.4 Å². The normalized spacial score (nSPS) is 16.0. The van der Waals surface area contributed by atoms with Gasteiger partial charge in [0.05, 0.1) is 6.54 Å². The molecule has 1 aromatic rings. The molecule has 0 aromatic heterocycles. The van der Waals surface area contributed by atoms with Crippen molar-refractivity contribution in [1.29, 1.82) is 0 Å². The van der Waals surface area contributed by atoms with Crippen molar-refractivity contribution in [3.63, 3.8) is 0 Å². The summed E-state index contributed by atoms with van der Waals surface area (Å²) in [4.78, 5) is 18.3. The average Bonchev–Trinajstić information content (AvgIpc) is 2.54. The topological polar surface area (TPSA) is 70.7 Å². The van der Waals surface area contributed by atoms with Crippen LogP contribution in [0, 0.1) is 5.92 Å². The van der Waals surface area contributed by atoms with Crippen LogP contribution < -0.4 is 11.1 Å². The van der Waals surface area contributed by atoms with Gasteiger partial charge in [-0.2, -0.15) is 0 Å². The molecule has 0 atom stereocenters. The number of likely N-dealkylation sites (tertiary alicyclic amines) is 1. The number of aliphatic imine (C=N–C) groups is 1. The van der Waals surface area contributed by atoms with E-state index in [0.29, 0.717) is 12.5 Å². The lowest BCUT2D eigenvalue weighted by Gasteiger charge is -2.27. The van der Waals surface area contributed by atoms with E-state index in [1.54, 1.807) is 0 Å². The lowest BCUT2D eigenvalue weighted by molar-refractivity contribution is -0.118. The molecule has 0 radical (unpaired) electrons. The standard InChI is InChI=1S/C17H26N4O/c1-13(2)16(22)20-15-8-6-14(7-9-15)12-19-17(18)21-10-4-3-5-11-21/h6-9,13H,3-5,10-12H2,1-2H3,(H2,18,19)(H,20,22). The van der Waals surface area contributed by atoms with Gasteiger partial charge < -0.3 is 16.0 Å². The van der Waals surface area contributed by atoms with Gasteiger partial charge in [-0.3, -0.25) is 4.79 Å². The third-order valence-electron chi connectivity index (χ3n) is 3.85. The summed E-state index contributed by atoms with van der Waals surface area (Å²) in [6.45, 7) is 6.34. The maximum Gasteiger partial charge on any atom is 0.226 e. The summed E-state index contributed by atoms with van der Waals surface area (Å²) in [6.07, 6.45) is 3.67. The van der Waals surface area contributed by atoms with Crippen molar-refractivity contribution in [2.24, 2.45) is 16.6 Å². The minimum absolute atomic E-state index is 0.0198. The van der Waals surface area contributed by atoms with Gasteiger partial charge in [0.1, 0.15) is 0 Å². The number of nitrogens with one attached hydrogen (secondary N) is 1. The number of rotatable bonds is 4. The Kier molecular flexibility index (Phi) is 5.81. The molecule has 5 heteroatoms. The van der Waals surface area contributed by atoms with Crippen molar-refractivity contribution in [1.82, 2.24) is 4.90 Å². The van der Waals surface area contributed by atoms with Crippen LogP contribution in [0.4, 0.5) is 5.69 Å². The van der Waals surface area contributed by atoms with E-state index in [-0.39, 0.29) is 11.8 Å². The van der Waals surface area contributed by atoms with Crippen LogP contribution in [0.3, 0.4) is 0 Å². The third kappa shape index (κ3) is 4.76. The van der Waals surface area contributed by atoms with Crippen LogP contribution in [0.15, 0.2) is 29.3 Å². The van der Waals surface area contributed by atoms with Crippen LogP contribution in [-0.2, 0) is 11.3 Å². The molecule has 1 aromatic carbocycles. The van der Waals surface area contributed by atoms with Gasteiger partial charge in [0.25, 0.3) is 0 Å². The number of carbonyl (C=O) groups excluding carboxylic acids is 1. The molecule has 0 saturated carbocycles. The summed E-state index contributed by atoms with van der Waals surface area (Å²) in [5.41, 5.74) is 7.95. The highest BCUT2D eigenvalue weighted by Crippen LogP contribution is 2.12. The first kappa shape index (κ1) is 16.3. The van der Waals surface area contributed by atoms with Crippen molar-refractivity contribution >= 4 is 17.6 Å². The molecule has 1 amide bonds. The molecule has 1 aliphatic heterocycles. The lowest BCUT2D eigenvalue weighted by atomic mass is 10.1. The molecule has 22 heavy (non-hydrogen) atoms. The third-order valence-corrected chi connectivity index (χ3v) is 3.85. The number of nitrogens with zero attached hydrogens (tertiary/aromatic N) is 2. The van der Waals surface area contributed by atoms with Crippen LogP contribution in [0.2, 0.25) is 0 Å². The van der Waals surface area contributed by atoms with Gasteiger partial charge in [0, 0.05) is 24.7 Å². The molecule has 3 N–H and O–H groups in total. The summed E-state index contributed by atoms with van der Waals surface area (Å²) >= 11 is 0. The molecule has 2 rings (SSSR count). The second kappa shape index (κ2) is 7.82. The van der Waals surface area contributed by atoms with E-state index in [9.17, 15) is 4.79 Å². The van der Waals surface area contributed by atoms with Crippen molar-refractivity contribution in [2.45, 2.75) is 39.7 Å². The van der Waals surface area contributed by atoms with Gasteiger partial charge in [-0.1, -0.05) is 26.0 Å². The minimum Gasteiger partial charge on any atom is -0.370 e. The molecule has 0 unspecified atom stereocenters. The van der Waals surface area contributed by atoms with Gasteiger partial charge in [-0.05, 0) is 37.0 Å². The van der Waals surface area contributed by atoms with E-state index < -0.39 is 0 Å². The fraction of sp³-hybridized carbons (Fsp3) is 0.529. The van der Waals surface area contributed by atoms with Crippen molar-refractivity contribution in [3.05, 3.63) is 29.8 Å². The van der Waals surface area contributed by atoms with Crippen LogP contribution in [0.25, 0.3) is 0 Å². The Balaban J connectivity index is 1.89. The SMILES string of the molecule is CC(C)C(=O)Nc1ccc(CN=C(N)N2CCCCC2)cc1. The number of amides is 1. The van der Waals surface area contributed by atoms with Crippen LogP contribution in [0.5, 0.6) is 0 Å². The van der Waals surface area contributed by atoms with E-state index in [4.69, 9.17) is 5.73 Å². The number of carbonyl (C=O) groups is 1. The van der Waals surface area contributed by atoms with Gasteiger partial charge >= 0.3 is 0 Å². The quantitative estimate of drug-likeness (QED) is 0.663. The Morgan fingerprint density at radius 3 is 2.45 bits per heavy atom. The average molecular weight is 302 g/mol. The van der Waals surface area contributed by atoms with Gasteiger partial charge in [-0.15, -0.1) is 0 Å². The largest absolute Gasteiger partial charge is 0.370 e. The molecule has 1 saturated heterocycles. The number of benzene rings is 1. The monoisotopic (exact) mass is 302 g/mol. The number of anilines is 1. The Morgan fingerprint density at radius 1 is 1.23 bits per heavy atom. The van der Waals surface area contributed by atoms with Gasteiger partial charge in [0.15, 0.2) is 5.96 Å². The predicted molar refractivity (Wildman–Crippen MR) is 90.7 cm³/mol. The summed E-state index contributed by atoms with van der Waals surface area (Å²) in [5.74, 6) is 0.644. The molecular formula is C17H26N4O. The smallest absolute Gasteiger partial charge is 0.226 e. The Labute approximate surface area is 132 Å². The molecule has 0 spiro atoms. The maximum atomic E-state index is 11.6. The first-order valence-electron chi connectivity index (χ1n) is 8.01. The highest BCUT2D eigenvalue weighted by molar-refractivity contribution is 5.92. The van der Waals surface area contributed by atoms with E-state index in [1.165, 1.54) is 19.3 Å². The second-order valence-corrected chi connectivity index (χ2v) is 6.06. The fourth-order valence-electron chi connectivity index (χ4n) is 2.38. The number of guanidine groups is 1. The number of nitrogens with two attached hydrogens (primary N) is 1. The zero-order valence-corrected chi connectivity index (χ0v) is 13.5. The van der Waals surface area contributed by atoms with Gasteiger partial charge in [0.2, 0.25) is 5.91 Å². The van der Waals surface area contributed by atoms with Crippen LogP contribution in [-0.4, -0.2) is 29.9 Å². The Morgan fingerprint density at radius 2 is 1.86 bits per heavy atom. The zero-order valence-electron chi connectivity index (χ0n) is 13.5. The molecule has 1 aliphatic rings. The second-order valence-electron chi connectivity index (χ2n) is 6.06. The molecule has 1 heterocycles. The number of hydrogen-bond acceptors (Lipinski definition) is 2. The van der Waals surface area contributed by atoms with Gasteiger partial charge in [-0.25, -0.2) is 4.99 Å². The molecule has 0 aliphatic carbocycles. The maximum absolute atomic E-state index is 11.6. The predicted octanol–water partition coefficient (Wildman–Crippen LogP) is 2.58. The van der Waals surface area contributed by atoms with Crippen LogP contribution in [0.1, 0.15) is 38.7 Å². The lowest BCUT2D eigenvalue weighted by Crippen LogP contribution is -2.40. The summed E-state index contributed by atoms with van der Waals surface area (Å²) in [6, 6.07) is 7.76. The summed E-state index contributed by atoms with van der Waals surface area (Å²) < 4.78 is 0. The highest BCUT2D eigenvalue weighted by Gasteiger charge is 2.11. The first-order valence-corrected chi connectivity index (χ1v) is 8.01. The van der Waals surface area contributed by atoms with E-state index in [1.807, 2.05) is 38.1 Å². The summed E-state index contributed by atoms with van der Waals surface area (Å²) in [7, 11) is 0. The van der Waals surface area contributed by atoms with E-state index >= 15 is 0 Å². The van der Waals surface area contributed by atoms with E-state index in [0.717, 1.165) is 24.3 Å². The number of piperidine rings is 1. The van der Waals surface area contributed by atoms with Crippen molar-refractivity contribution in [3.8, 4) is 0 Å². The van der Waals surface area contributed by atoms with Crippen molar-refractivity contribution < 1.29 is 4.79 Å².